The van der Waals surface area contributed by atoms with Gasteiger partial charge in [-0.1, -0.05) is 25.3 Å². The van der Waals surface area contributed by atoms with Crippen molar-refractivity contribution >= 4 is 39.1 Å². The molecule has 0 aliphatic heterocycles. The van der Waals surface area contributed by atoms with Crippen LogP contribution in [0.2, 0.25) is 0 Å². The van der Waals surface area contributed by atoms with Crippen LogP contribution in [0.5, 0.6) is 0 Å². The third-order valence-electron chi connectivity index (χ3n) is 6.25. The van der Waals surface area contributed by atoms with Crippen LogP contribution in [0.1, 0.15) is 65.4 Å². The van der Waals surface area contributed by atoms with E-state index < -0.39 is 5.97 Å². The molecule has 2 heterocycles. The highest BCUT2D eigenvalue weighted by atomic mass is 32.1. The molecule has 7 heteroatoms. The van der Waals surface area contributed by atoms with E-state index in [2.05, 4.69) is 28.6 Å². The first kappa shape index (κ1) is 22.3. The number of carboxylic acids is 1. The van der Waals surface area contributed by atoms with Crippen molar-refractivity contribution < 1.29 is 14.7 Å². The Hall–Kier alpha value is -2.93. The molecular weight excluding hydrogens is 422 g/mol. The van der Waals surface area contributed by atoms with Crippen LogP contribution in [0.25, 0.3) is 10.2 Å². The van der Waals surface area contributed by atoms with Crippen molar-refractivity contribution in [2.45, 2.75) is 51.5 Å². The number of hydrogen-bond acceptors (Lipinski definition) is 5. The second-order valence-corrected chi connectivity index (χ2v) is 9.48. The second-order valence-electron chi connectivity index (χ2n) is 8.44. The zero-order valence-electron chi connectivity index (χ0n) is 18.3. The Morgan fingerprint density at radius 3 is 2.59 bits per heavy atom. The summed E-state index contributed by atoms with van der Waals surface area (Å²) in [7, 11) is 0. The van der Waals surface area contributed by atoms with Crippen molar-refractivity contribution in [3.8, 4) is 0 Å². The van der Waals surface area contributed by atoms with Crippen molar-refractivity contribution in [1.29, 1.82) is 0 Å². The summed E-state index contributed by atoms with van der Waals surface area (Å²) >= 11 is 1.78. The molecule has 1 aromatic carbocycles. The highest BCUT2D eigenvalue weighted by molar-refractivity contribution is 7.19. The summed E-state index contributed by atoms with van der Waals surface area (Å²) in [6, 6.07) is 11.8. The SMILES string of the molecule is Cc1c(C(Nc2ccc(C(=O)NCCC(=O)O)cc2)C2CCCCC2)sc2ncccc12. The monoisotopic (exact) mass is 451 g/mol. The molecular formula is C25H29N3O3S. The predicted octanol–water partition coefficient (Wildman–Crippen LogP) is 5.54. The first-order valence-electron chi connectivity index (χ1n) is 11.2. The van der Waals surface area contributed by atoms with E-state index in [4.69, 9.17) is 5.11 Å². The quantitative estimate of drug-likeness (QED) is 0.418. The number of nitrogens with one attached hydrogen (secondary N) is 2. The third kappa shape index (κ3) is 5.10. The number of anilines is 1. The van der Waals surface area contributed by atoms with Crippen LogP contribution >= 0.6 is 11.3 Å². The molecule has 1 fully saturated rings. The van der Waals surface area contributed by atoms with Crippen LogP contribution in [0.3, 0.4) is 0 Å². The molecule has 1 aliphatic rings. The number of amides is 1. The molecule has 3 N–H and O–H groups in total. The molecule has 1 amide bonds. The Morgan fingerprint density at radius 1 is 1.16 bits per heavy atom. The molecule has 168 valence electrons. The number of fused-ring (bicyclic) bond motifs is 1. The van der Waals surface area contributed by atoms with E-state index in [9.17, 15) is 9.59 Å². The number of carbonyl (C=O) groups is 2. The zero-order valence-corrected chi connectivity index (χ0v) is 19.1. The van der Waals surface area contributed by atoms with Gasteiger partial charge in [0.25, 0.3) is 5.91 Å². The Labute approximate surface area is 192 Å². The number of hydrogen-bond donors (Lipinski definition) is 3. The van der Waals surface area contributed by atoms with Crippen LogP contribution in [-0.4, -0.2) is 28.5 Å². The van der Waals surface area contributed by atoms with Gasteiger partial charge in [-0.25, -0.2) is 4.98 Å². The Kier molecular flexibility index (Phi) is 7.05. The topological polar surface area (TPSA) is 91.3 Å². The molecule has 1 atom stereocenters. The summed E-state index contributed by atoms with van der Waals surface area (Å²) in [6.45, 7) is 2.31. The molecule has 0 saturated heterocycles. The molecule has 32 heavy (non-hydrogen) atoms. The standard InChI is InChI=1S/C25H29N3O3S/c1-16-20-8-5-14-27-25(20)32-23(16)22(17-6-3-2-4-7-17)28-19-11-9-18(10-12-19)24(31)26-15-13-21(29)30/h5,8-12,14,17,22,28H,2-4,6-7,13,15H2,1H3,(H,26,31)(H,29,30). The molecule has 0 bridgehead atoms. The first-order valence-corrected chi connectivity index (χ1v) is 12.0. The van der Waals surface area contributed by atoms with Gasteiger partial charge in [0, 0.05) is 34.3 Å². The number of benzene rings is 1. The molecule has 0 radical (unpaired) electrons. The van der Waals surface area contributed by atoms with E-state index in [-0.39, 0.29) is 24.9 Å². The minimum absolute atomic E-state index is 0.0855. The Balaban J connectivity index is 1.54. The molecule has 1 unspecified atom stereocenters. The van der Waals surface area contributed by atoms with Crippen LogP contribution in [-0.2, 0) is 4.79 Å². The number of pyridine rings is 1. The highest BCUT2D eigenvalue weighted by Gasteiger charge is 2.28. The number of aliphatic carboxylic acids is 1. The lowest BCUT2D eigenvalue weighted by Crippen LogP contribution is -2.26. The van der Waals surface area contributed by atoms with Gasteiger partial charge in [-0.3, -0.25) is 9.59 Å². The van der Waals surface area contributed by atoms with E-state index >= 15 is 0 Å². The maximum Gasteiger partial charge on any atom is 0.305 e. The minimum Gasteiger partial charge on any atom is -0.481 e. The molecule has 4 rings (SSSR count). The van der Waals surface area contributed by atoms with E-state index in [1.54, 1.807) is 23.5 Å². The van der Waals surface area contributed by atoms with Crippen molar-refractivity contribution in [3.05, 3.63) is 58.6 Å². The summed E-state index contributed by atoms with van der Waals surface area (Å²) in [6.07, 6.45) is 8.03. The van der Waals surface area contributed by atoms with Gasteiger partial charge in [-0.05, 0) is 61.6 Å². The van der Waals surface area contributed by atoms with Gasteiger partial charge >= 0.3 is 5.97 Å². The number of aromatic nitrogens is 1. The van der Waals surface area contributed by atoms with Gasteiger partial charge in [-0.2, -0.15) is 0 Å². The summed E-state index contributed by atoms with van der Waals surface area (Å²) in [4.78, 5) is 29.9. The fraction of sp³-hybridized carbons (Fsp3) is 0.400. The van der Waals surface area contributed by atoms with Gasteiger partial charge in [0.1, 0.15) is 4.83 Å². The molecule has 2 aromatic heterocycles. The summed E-state index contributed by atoms with van der Waals surface area (Å²) < 4.78 is 0. The fourth-order valence-electron chi connectivity index (χ4n) is 4.52. The van der Waals surface area contributed by atoms with Gasteiger partial charge in [0.2, 0.25) is 0 Å². The zero-order chi connectivity index (χ0) is 22.5. The summed E-state index contributed by atoms with van der Waals surface area (Å²) in [5, 5.41) is 16.4. The third-order valence-corrected chi connectivity index (χ3v) is 7.55. The number of thiophene rings is 1. The lowest BCUT2D eigenvalue weighted by molar-refractivity contribution is -0.136. The van der Waals surface area contributed by atoms with Crippen molar-refractivity contribution in [2.24, 2.45) is 5.92 Å². The lowest BCUT2D eigenvalue weighted by atomic mass is 9.82. The van der Waals surface area contributed by atoms with Gasteiger partial charge < -0.3 is 15.7 Å². The van der Waals surface area contributed by atoms with E-state index in [0.717, 1.165) is 10.5 Å². The van der Waals surface area contributed by atoms with Crippen molar-refractivity contribution in [2.75, 3.05) is 11.9 Å². The summed E-state index contributed by atoms with van der Waals surface area (Å²) in [5.41, 5.74) is 2.81. The molecule has 1 aliphatic carbocycles. The van der Waals surface area contributed by atoms with E-state index in [1.165, 1.54) is 47.9 Å². The van der Waals surface area contributed by atoms with Crippen molar-refractivity contribution in [1.82, 2.24) is 10.3 Å². The smallest absolute Gasteiger partial charge is 0.305 e. The van der Waals surface area contributed by atoms with Gasteiger partial charge in [0.15, 0.2) is 0 Å². The maximum absolute atomic E-state index is 12.2. The number of carbonyl (C=O) groups excluding carboxylic acids is 1. The molecule has 6 nitrogen and oxygen atoms in total. The predicted molar refractivity (Wildman–Crippen MR) is 128 cm³/mol. The number of rotatable bonds is 8. The maximum atomic E-state index is 12.2. The highest BCUT2D eigenvalue weighted by Crippen LogP contribution is 2.42. The van der Waals surface area contributed by atoms with Crippen molar-refractivity contribution in [3.63, 3.8) is 0 Å². The normalized spacial score (nSPS) is 15.4. The first-order chi connectivity index (χ1) is 15.5. The number of carboxylic acid groups (broad SMARTS) is 1. The Morgan fingerprint density at radius 2 is 1.91 bits per heavy atom. The molecule has 3 aromatic rings. The van der Waals surface area contributed by atoms with E-state index in [1.807, 2.05) is 24.4 Å². The van der Waals surface area contributed by atoms with Crippen LogP contribution < -0.4 is 10.6 Å². The minimum atomic E-state index is -0.926. The average Bonchev–Trinajstić information content (AvgIpc) is 3.14. The second kappa shape index (κ2) is 10.1. The summed E-state index contributed by atoms with van der Waals surface area (Å²) in [5.74, 6) is -0.618. The van der Waals surface area contributed by atoms with Crippen LogP contribution in [0, 0.1) is 12.8 Å². The van der Waals surface area contributed by atoms with Crippen LogP contribution in [0.15, 0.2) is 42.6 Å². The fourth-order valence-corrected chi connectivity index (χ4v) is 5.81. The molecule has 1 saturated carbocycles. The average molecular weight is 452 g/mol. The number of nitrogens with zero attached hydrogens (tertiary/aromatic N) is 1. The van der Waals surface area contributed by atoms with Gasteiger partial charge in [0.05, 0.1) is 12.5 Å². The number of aryl methyl sites for hydroxylation is 1. The Bertz CT molecular complexity index is 1090. The largest absolute Gasteiger partial charge is 0.481 e. The van der Waals surface area contributed by atoms with Gasteiger partial charge in [-0.15, -0.1) is 11.3 Å². The van der Waals surface area contributed by atoms with E-state index in [0.29, 0.717) is 11.5 Å². The molecule has 0 spiro atoms. The lowest BCUT2D eigenvalue weighted by Gasteiger charge is -2.31. The van der Waals surface area contributed by atoms with Crippen LogP contribution in [0.4, 0.5) is 5.69 Å².